The van der Waals surface area contributed by atoms with Gasteiger partial charge in [-0.1, -0.05) is 17.7 Å². The Balaban J connectivity index is 1.95. The van der Waals surface area contributed by atoms with Crippen LogP contribution in [0, 0.1) is 6.92 Å². The monoisotopic (exact) mass is 369 g/mol. The highest BCUT2D eigenvalue weighted by molar-refractivity contribution is 6.31. The van der Waals surface area contributed by atoms with Gasteiger partial charge in [0.2, 0.25) is 0 Å². The zero-order valence-electron chi connectivity index (χ0n) is 14.2. The summed E-state index contributed by atoms with van der Waals surface area (Å²) >= 11 is 5.90. The summed E-state index contributed by atoms with van der Waals surface area (Å²) in [6, 6.07) is 11.8. The number of carbonyl (C=O) groups excluding carboxylic acids is 1. The van der Waals surface area contributed by atoms with E-state index in [2.05, 4.69) is 10.3 Å². The van der Waals surface area contributed by atoms with Gasteiger partial charge in [-0.15, -0.1) is 0 Å². The summed E-state index contributed by atoms with van der Waals surface area (Å²) < 4.78 is 6.61. The number of nitrogens with zero attached hydrogens (tertiary/aromatic N) is 2. The van der Waals surface area contributed by atoms with Gasteiger partial charge in [0.05, 0.1) is 12.8 Å². The number of carbonyl (C=O) groups is 1. The molecule has 132 valence electrons. The molecule has 1 heterocycles. The molecule has 1 N–H and O–H groups in total. The van der Waals surface area contributed by atoms with Gasteiger partial charge in [-0.25, -0.2) is 4.98 Å². The summed E-state index contributed by atoms with van der Waals surface area (Å²) in [7, 11) is 1.58. The average molecular weight is 370 g/mol. The minimum Gasteiger partial charge on any atom is -0.497 e. The number of nitrogens with one attached hydrogen (secondary N) is 1. The second-order valence-corrected chi connectivity index (χ2v) is 6.00. The second-order valence-electron chi connectivity index (χ2n) is 5.57. The molecule has 1 amide bonds. The zero-order valence-corrected chi connectivity index (χ0v) is 14.9. The predicted molar refractivity (Wildman–Crippen MR) is 101 cm³/mol. The normalized spacial score (nSPS) is 10.4. The third-order valence-corrected chi connectivity index (χ3v) is 4.06. The Bertz CT molecular complexity index is 1030. The van der Waals surface area contributed by atoms with E-state index in [9.17, 15) is 9.59 Å². The Kier molecular flexibility index (Phi) is 5.04. The fourth-order valence-electron chi connectivity index (χ4n) is 2.52. The Labute approximate surface area is 155 Å². The van der Waals surface area contributed by atoms with Crippen molar-refractivity contribution in [3.63, 3.8) is 0 Å². The second kappa shape index (κ2) is 7.41. The lowest BCUT2D eigenvalue weighted by atomic mass is 10.2. The number of anilines is 1. The number of hydrogen-bond donors (Lipinski definition) is 1. The van der Waals surface area contributed by atoms with E-state index in [0.717, 1.165) is 5.56 Å². The van der Waals surface area contributed by atoms with Crippen molar-refractivity contribution >= 4 is 23.3 Å². The lowest BCUT2D eigenvalue weighted by Gasteiger charge is -2.12. The quantitative estimate of drug-likeness (QED) is 0.764. The van der Waals surface area contributed by atoms with Crippen molar-refractivity contribution in [2.45, 2.75) is 6.92 Å². The maximum atomic E-state index is 12.7. The van der Waals surface area contributed by atoms with Crippen LogP contribution in [0.1, 0.15) is 15.9 Å². The van der Waals surface area contributed by atoms with Crippen LogP contribution in [-0.4, -0.2) is 22.6 Å². The van der Waals surface area contributed by atoms with Crippen LogP contribution in [0.2, 0.25) is 5.02 Å². The van der Waals surface area contributed by atoms with Gasteiger partial charge in [0.1, 0.15) is 5.75 Å². The lowest BCUT2D eigenvalue weighted by Crippen LogP contribution is -2.26. The summed E-state index contributed by atoms with van der Waals surface area (Å²) in [6.45, 7) is 1.87. The predicted octanol–water partition coefficient (Wildman–Crippen LogP) is 3.46. The molecular formula is C19H16ClN3O3. The van der Waals surface area contributed by atoms with E-state index in [1.54, 1.807) is 43.6 Å². The summed E-state index contributed by atoms with van der Waals surface area (Å²) in [5.41, 5.74) is 1.44. The smallest absolute Gasteiger partial charge is 0.298 e. The van der Waals surface area contributed by atoms with Crippen molar-refractivity contribution in [3.8, 4) is 11.4 Å². The molecule has 0 radical (unpaired) electrons. The fraction of sp³-hybridized carbons (Fsp3) is 0.105. The van der Waals surface area contributed by atoms with Crippen LogP contribution in [-0.2, 0) is 0 Å². The number of ether oxygens (including phenoxy) is 1. The molecule has 0 fully saturated rings. The van der Waals surface area contributed by atoms with Gasteiger partial charge in [-0.3, -0.25) is 14.2 Å². The summed E-state index contributed by atoms with van der Waals surface area (Å²) in [6.07, 6.45) is 3.00. The van der Waals surface area contributed by atoms with Crippen LogP contribution in [0.3, 0.4) is 0 Å². The summed E-state index contributed by atoms with van der Waals surface area (Å²) in [5.74, 6) is 0.178. The number of benzene rings is 2. The van der Waals surface area contributed by atoms with Crippen LogP contribution in [0.25, 0.3) is 5.69 Å². The third-order valence-electron chi connectivity index (χ3n) is 3.82. The molecule has 0 aliphatic carbocycles. The van der Waals surface area contributed by atoms with Gasteiger partial charge >= 0.3 is 0 Å². The van der Waals surface area contributed by atoms with Crippen molar-refractivity contribution < 1.29 is 9.53 Å². The first-order valence-corrected chi connectivity index (χ1v) is 8.17. The van der Waals surface area contributed by atoms with E-state index in [0.29, 0.717) is 22.0 Å². The molecule has 2 aromatic carbocycles. The van der Waals surface area contributed by atoms with Crippen LogP contribution in [0.5, 0.6) is 5.75 Å². The Morgan fingerprint density at radius 2 is 2.04 bits per heavy atom. The van der Waals surface area contributed by atoms with Crippen molar-refractivity contribution in [2.24, 2.45) is 0 Å². The van der Waals surface area contributed by atoms with E-state index in [4.69, 9.17) is 16.3 Å². The lowest BCUT2D eigenvalue weighted by molar-refractivity contribution is 0.102. The number of amides is 1. The maximum Gasteiger partial charge on any atom is 0.298 e. The van der Waals surface area contributed by atoms with Gasteiger partial charge in [0, 0.05) is 23.0 Å². The third kappa shape index (κ3) is 3.60. The van der Waals surface area contributed by atoms with Crippen LogP contribution < -0.4 is 15.6 Å². The van der Waals surface area contributed by atoms with Crippen molar-refractivity contribution in [1.29, 1.82) is 0 Å². The molecule has 6 nitrogen and oxygen atoms in total. The highest BCUT2D eigenvalue weighted by atomic mass is 35.5. The molecule has 0 atom stereocenters. The average Bonchev–Trinajstić information content (AvgIpc) is 2.63. The van der Waals surface area contributed by atoms with Gasteiger partial charge < -0.3 is 10.1 Å². The van der Waals surface area contributed by atoms with E-state index in [-0.39, 0.29) is 5.82 Å². The topological polar surface area (TPSA) is 73.2 Å². The maximum absolute atomic E-state index is 12.7. The highest BCUT2D eigenvalue weighted by Crippen LogP contribution is 2.19. The van der Waals surface area contributed by atoms with Crippen LogP contribution in [0.15, 0.2) is 59.7 Å². The van der Waals surface area contributed by atoms with E-state index >= 15 is 0 Å². The van der Waals surface area contributed by atoms with Crippen molar-refractivity contribution in [2.75, 3.05) is 12.4 Å². The van der Waals surface area contributed by atoms with Gasteiger partial charge in [0.15, 0.2) is 5.82 Å². The number of methoxy groups -OCH3 is 1. The molecule has 1 aromatic heterocycles. The molecule has 0 saturated carbocycles. The Hall–Kier alpha value is -3.12. The van der Waals surface area contributed by atoms with E-state index in [1.807, 2.05) is 13.0 Å². The van der Waals surface area contributed by atoms with Crippen LogP contribution in [0.4, 0.5) is 5.82 Å². The molecule has 0 spiro atoms. The molecule has 7 heteroatoms. The molecule has 3 aromatic rings. The molecule has 0 saturated heterocycles. The number of hydrogen-bond acceptors (Lipinski definition) is 4. The number of rotatable bonds is 4. The Morgan fingerprint density at radius 1 is 1.23 bits per heavy atom. The number of aromatic nitrogens is 2. The van der Waals surface area contributed by atoms with Gasteiger partial charge in [0.25, 0.3) is 11.5 Å². The summed E-state index contributed by atoms with van der Waals surface area (Å²) in [5, 5.41) is 2.97. The molecule has 3 rings (SSSR count). The molecular weight excluding hydrogens is 354 g/mol. The largest absolute Gasteiger partial charge is 0.497 e. The SMILES string of the molecule is COc1ccc(-n2ccnc(NC(=O)c3cccc(Cl)c3)c2=O)c(C)c1. The minimum absolute atomic E-state index is 0.0623. The summed E-state index contributed by atoms with van der Waals surface area (Å²) in [4.78, 5) is 29.1. The molecule has 0 bridgehead atoms. The van der Waals surface area contributed by atoms with Gasteiger partial charge in [-0.05, 0) is 48.9 Å². The van der Waals surface area contributed by atoms with Crippen LogP contribution >= 0.6 is 11.6 Å². The first kappa shape index (κ1) is 17.7. The molecule has 0 aliphatic heterocycles. The Morgan fingerprint density at radius 3 is 2.73 bits per heavy atom. The molecule has 26 heavy (non-hydrogen) atoms. The zero-order chi connectivity index (χ0) is 18.7. The van der Waals surface area contributed by atoms with Crippen molar-refractivity contribution in [1.82, 2.24) is 9.55 Å². The van der Waals surface area contributed by atoms with Gasteiger partial charge in [-0.2, -0.15) is 0 Å². The van der Waals surface area contributed by atoms with E-state index < -0.39 is 11.5 Å². The van der Waals surface area contributed by atoms with Crippen molar-refractivity contribution in [3.05, 3.63) is 81.4 Å². The minimum atomic E-state index is -0.457. The standard InChI is InChI=1S/C19H16ClN3O3/c1-12-10-15(26-2)6-7-16(12)23-9-8-21-17(19(23)25)22-18(24)13-4-3-5-14(20)11-13/h3-11H,1-2H3,(H,21,22,24). The number of aryl methyl sites for hydroxylation is 1. The van der Waals surface area contributed by atoms with E-state index in [1.165, 1.54) is 16.8 Å². The first-order chi connectivity index (χ1) is 12.5. The fourth-order valence-corrected chi connectivity index (χ4v) is 2.71. The molecule has 0 unspecified atom stereocenters. The molecule has 0 aliphatic rings. The highest BCUT2D eigenvalue weighted by Gasteiger charge is 2.13. The number of halogens is 1. The first-order valence-electron chi connectivity index (χ1n) is 7.79.